The van der Waals surface area contributed by atoms with Crippen molar-refractivity contribution in [2.45, 2.75) is 45.4 Å². The maximum atomic E-state index is 12.2. The van der Waals surface area contributed by atoms with Crippen LogP contribution in [0.15, 0.2) is 55.1 Å². The van der Waals surface area contributed by atoms with Gasteiger partial charge < -0.3 is 14.2 Å². The lowest BCUT2D eigenvalue weighted by Gasteiger charge is -2.07. The molecule has 8 nitrogen and oxygen atoms in total. The molecule has 180 valence electrons. The maximum Gasteiger partial charge on any atom is 0.338 e. The lowest BCUT2D eigenvalue weighted by molar-refractivity contribution is -0.138. The van der Waals surface area contributed by atoms with Gasteiger partial charge >= 0.3 is 11.9 Å². The van der Waals surface area contributed by atoms with Crippen molar-refractivity contribution in [2.75, 3.05) is 19.8 Å². The summed E-state index contributed by atoms with van der Waals surface area (Å²) in [6, 6.07) is 12.6. The Bertz CT molecular complexity index is 1090. The van der Waals surface area contributed by atoms with E-state index in [0.717, 1.165) is 23.9 Å². The zero-order valence-corrected chi connectivity index (χ0v) is 19.6. The average molecular weight is 466 g/mol. The predicted octanol–water partition coefficient (Wildman–Crippen LogP) is 5.05. The van der Waals surface area contributed by atoms with Crippen molar-refractivity contribution in [3.8, 4) is 11.4 Å². The molecule has 0 atom stereocenters. The summed E-state index contributed by atoms with van der Waals surface area (Å²) < 4.78 is 15.7. The van der Waals surface area contributed by atoms with Gasteiger partial charge in [-0.25, -0.2) is 9.59 Å². The van der Waals surface area contributed by atoms with Crippen LogP contribution in [-0.4, -0.2) is 46.8 Å². The Balaban J connectivity index is 1.52. The van der Waals surface area contributed by atoms with Crippen LogP contribution in [-0.2, 0) is 14.3 Å². The first kappa shape index (κ1) is 25.0. The molecule has 0 saturated carbocycles. The number of fused-ring (bicyclic) bond motifs is 1. The maximum absolute atomic E-state index is 12.2. The molecule has 0 spiro atoms. The fraction of sp³-hybridized carbons (Fsp3) is 0.385. The Kier molecular flexibility index (Phi) is 9.64. The summed E-state index contributed by atoms with van der Waals surface area (Å²) in [5, 5.41) is 8.95. The summed E-state index contributed by atoms with van der Waals surface area (Å²) >= 11 is 0. The van der Waals surface area contributed by atoms with Gasteiger partial charge in [0.15, 0.2) is 0 Å². The number of unbranched alkanes of at least 4 members (excludes halogenated alkanes) is 5. The molecular formula is C26H31N3O5. The molecule has 0 unspecified atom stereocenters. The van der Waals surface area contributed by atoms with Crippen LogP contribution < -0.4 is 4.74 Å². The molecule has 8 heteroatoms. The topological polar surface area (TPSA) is 92.5 Å². The molecule has 0 amide bonds. The number of carbonyl (C=O) groups excluding carboxylic acids is 2. The van der Waals surface area contributed by atoms with Crippen LogP contribution >= 0.6 is 0 Å². The summed E-state index contributed by atoms with van der Waals surface area (Å²) in [5.41, 5.74) is 2.35. The highest BCUT2D eigenvalue weighted by Crippen LogP contribution is 2.18. The molecular weight excluding hydrogens is 434 g/mol. The van der Waals surface area contributed by atoms with E-state index in [1.165, 1.54) is 36.9 Å². The van der Waals surface area contributed by atoms with Gasteiger partial charge in [0, 0.05) is 6.08 Å². The molecule has 0 radical (unpaired) electrons. The van der Waals surface area contributed by atoms with Gasteiger partial charge in [0.25, 0.3) is 0 Å². The monoisotopic (exact) mass is 465 g/mol. The van der Waals surface area contributed by atoms with E-state index in [2.05, 4.69) is 23.7 Å². The first-order valence-corrected chi connectivity index (χ1v) is 11.7. The van der Waals surface area contributed by atoms with Gasteiger partial charge in [-0.1, -0.05) is 45.6 Å². The highest BCUT2D eigenvalue weighted by Gasteiger charge is 2.12. The summed E-state index contributed by atoms with van der Waals surface area (Å²) in [6.45, 7) is 6.16. The smallest absolute Gasteiger partial charge is 0.338 e. The number of aromatic nitrogens is 3. The van der Waals surface area contributed by atoms with E-state index in [9.17, 15) is 9.59 Å². The minimum atomic E-state index is -0.563. The number of ether oxygens (including phenoxy) is 3. The molecule has 3 rings (SSSR count). The predicted molar refractivity (Wildman–Crippen MR) is 129 cm³/mol. The Hall–Kier alpha value is -3.68. The van der Waals surface area contributed by atoms with Crippen LogP contribution in [0.3, 0.4) is 0 Å². The Morgan fingerprint density at radius 3 is 2.35 bits per heavy atom. The summed E-state index contributed by atoms with van der Waals surface area (Å²) in [6.07, 6.45) is 8.43. The van der Waals surface area contributed by atoms with Crippen LogP contribution in [0.4, 0.5) is 0 Å². The number of esters is 2. The average Bonchev–Trinajstić information content (AvgIpc) is 3.29. The first-order chi connectivity index (χ1) is 16.6. The van der Waals surface area contributed by atoms with Crippen molar-refractivity contribution in [3.05, 3.63) is 60.7 Å². The largest absolute Gasteiger partial charge is 0.494 e. The third-order valence-electron chi connectivity index (χ3n) is 5.18. The molecule has 3 aromatic rings. The van der Waals surface area contributed by atoms with Crippen LogP contribution in [0.5, 0.6) is 5.75 Å². The number of rotatable bonds is 14. The Labute approximate surface area is 199 Å². The van der Waals surface area contributed by atoms with E-state index in [0.29, 0.717) is 23.2 Å². The summed E-state index contributed by atoms with van der Waals surface area (Å²) in [7, 11) is 0. The fourth-order valence-electron chi connectivity index (χ4n) is 3.32. The van der Waals surface area contributed by atoms with E-state index >= 15 is 0 Å². The summed E-state index contributed by atoms with van der Waals surface area (Å²) in [5.74, 6) is -0.276. The molecule has 0 fully saturated rings. The number of benzene rings is 2. The number of carbonyl (C=O) groups is 2. The second-order valence-electron chi connectivity index (χ2n) is 7.81. The SMILES string of the molecule is C=CC(=O)OCCOC(=O)c1ccc2nn(-c3ccc(OCCCCCCCC)cc3)nc2c1. The third kappa shape index (κ3) is 7.43. The Morgan fingerprint density at radius 2 is 1.59 bits per heavy atom. The standard InChI is InChI=1S/C26H31N3O5/c1-3-5-6-7-8-9-16-32-22-13-11-21(12-14-22)29-27-23-15-10-20(19-24(23)28-29)26(31)34-18-17-33-25(30)4-2/h4,10-15,19H,2-3,5-9,16-18H2,1H3. The zero-order chi connectivity index (χ0) is 24.2. The number of nitrogens with zero attached hydrogens (tertiary/aromatic N) is 3. The second kappa shape index (κ2) is 13.1. The van der Waals surface area contributed by atoms with Gasteiger partial charge in [0.05, 0.1) is 17.9 Å². The molecule has 0 aliphatic carbocycles. The van der Waals surface area contributed by atoms with Crippen LogP contribution in [0, 0.1) is 0 Å². The number of hydrogen-bond acceptors (Lipinski definition) is 7. The molecule has 2 aromatic carbocycles. The van der Waals surface area contributed by atoms with Gasteiger partial charge in [-0.3, -0.25) is 0 Å². The van der Waals surface area contributed by atoms with Crippen LogP contribution in [0.2, 0.25) is 0 Å². The second-order valence-corrected chi connectivity index (χ2v) is 7.81. The molecule has 0 aliphatic rings. The molecule has 34 heavy (non-hydrogen) atoms. The highest BCUT2D eigenvalue weighted by molar-refractivity contribution is 5.93. The van der Waals surface area contributed by atoms with Gasteiger partial charge in [-0.05, 0) is 48.9 Å². The fourth-order valence-corrected chi connectivity index (χ4v) is 3.32. The van der Waals surface area contributed by atoms with Crippen molar-refractivity contribution in [1.82, 2.24) is 15.0 Å². The van der Waals surface area contributed by atoms with Crippen molar-refractivity contribution < 1.29 is 23.8 Å². The number of hydrogen-bond donors (Lipinski definition) is 0. The normalized spacial score (nSPS) is 10.7. The van der Waals surface area contributed by atoms with Crippen molar-refractivity contribution >= 4 is 23.0 Å². The van der Waals surface area contributed by atoms with Crippen LogP contribution in [0.25, 0.3) is 16.7 Å². The van der Waals surface area contributed by atoms with Gasteiger partial charge in [0.2, 0.25) is 0 Å². The molecule has 1 aromatic heterocycles. The molecule has 0 aliphatic heterocycles. The first-order valence-electron chi connectivity index (χ1n) is 11.7. The van der Waals surface area contributed by atoms with Gasteiger partial charge in [0.1, 0.15) is 30.0 Å². The minimum Gasteiger partial charge on any atom is -0.494 e. The minimum absolute atomic E-state index is 0.0340. The molecule has 0 bridgehead atoms. The Morgan fingerprint density at radius 1 is 0.882 bits per heavy atom. The van der Waals surface area contributed by atoms with E-state index in [1.807, 2.05) is 24.3 Å². The molecule has 0 N–H and O–H groups in total. The van der Waals surface area contributed by atoms with E-state index < -0.39 is 11.9 Å². The summed E-state index contributed by atoms with van der Waals surface area (Å²) in [4.78, 5) is 24.8. The quantitative estimate of drug-likeness (QED) is 0.187. The van der Waals surface area contributed by atoms with Gasteiger partial charge in [-0.15, -0.1) is 10.2 Å². The highest BCUT2D eigenvalue weighted by atomic mass is 16.6. The van der Waals surface area contributed by atoms with Crippen LogP contribution in [0.1, 0.15) is 55.8 Å². The zero-order valence-electron chi connectivity index (χ0n) is 19.6. The van der Waals surface area contributed by atoms with E-state index in [-0.39, 0.29) is 13.2 Å². The van der Waals surface area contributed by atoms with Crippen molar-refractivity contribution in [1.29, 1.82) is 0 Å². The van der Waals surface area contributed by atoms with E-state index in [4.69, 9.17) is 14.2 Å². The molecule has 0 saturated heterocycles. The van der Waals surface area contributed by atoms with Crippen molar-refractivity contribution in [2.24, 2.45) is 0 Å². The van der Waals surface area contributed by atoms with Crippen molar-refractivity contribution in [3.63, 3.8) is 0 Å². The lowest BCUT2D eigenvalue weighted by atomic mass is 10.1. The third-order valence-corrected chi connectivity index (χ3v) is 5.18. The molecule has 1 heterocycles. The lowest BCUT2D eigenvalue weighted by Crippen LogP contribution is -2.12. The van der Waals surface area contributed by atoms with Gasteiger partial charge in [-0.2, -0.15) is 4.80 Å². The van der Waals surface area contributed by atoms with E-state index in [1.54, 1.807) is 18.2 Å².